The van der Waals surface area contributed by atoms with Crippen LogP contribution in [0.3, 0.4) is 0 Å². The highest BCUT2D eigenvalue weighted by molar-refractivity contribution is 5.90. The lowest BCUT2D eigenvalue weighted by molar-refractivity contribution is 0.0303. The minimum atomic E-state index is -0.253. The number of benzene rings is 1. The molecule has 2 atom stereocenters. The van der Waals surface area contributed by atoms with Crippen molar-refractivity contribution in [2.45, 2.75) is 62.9 Å². The summed E-state index contributed by atoms with van der Waals surface area (Å²) in [6.07, 6.45) is 9.07. The van der Waals surface area contributed by atoms with Gasteiger partial charge in [-0.25, -0.2) is 19.4 Å². The molecule has 3 aliphatic rings. The molecule has 2 unspecified atom stereocenters. The fourth-order valence-corrected chi connectivity index (χ4v) is 5.76. The van der Waals surface area contributed by atoms with Crippen LogP contribution in [-0.4, -0.2) is 71.3 Å². The van der Waals surface area contributed by atoms with E-state index >= 15 is 0 Å². The Labute approximate surface area is 210 Å². The Bertz CT molecular complexity index is 1220. The summed E-state index contributed by atoms with van der Waals surface area (Å²) in [7, 11) is 3.39. The summed E-state index contributed by atoms with van der Waals surface area (Å²) in [5.41, 5.74) is 2.49. The summed E-state index contributed by atoms with van der Waals surface area (Å²) in [6, 6.07) is 7.68. The first kappa shape index (κ1) is 23.2. The van der Waals surface area contributed by atoms with Gasteiger partial charge in [-0.1, -0.05) is 0 Å². The summed E-state index contributed by atoms with van der Waals surface area (Å²) in [6.45, 7) is 1.67. The first-order chi connectivity index (χ1) is 17.6. The number of nitrogens with one attached hydrogen (secondary N) is 2. The van der Waals surface area contributed by atoms with E-state index in [0.717, 1.165) is 74.0 Å². The summed E-state index contributed by atoms with van der Waals surface area (Å²) < 4.78 is 13.8. The molecule has 1 aromatic carbocycles. The molecule has 2 saturated heterocycles. The number of fused-ring (bicyclic) bond motifs is 3. The number of urea groups is 1. The number of amides is 2. The van der Waals surface area contributed by atoms with Gasteiger partial charge in [0.25, 0.3) is 0 Å². The van der Waals surface area contributed by atoms with Crippen molar-refractivity contribution in [1.82, 2.24) is 25.1 Å². The molecule has 2 N–H and O–H groups in total. The second kappa shape index (κ2) is 9.67. The molecule has 2 aliphatic heterocycles. The smallest absolute Gasteiger partial charge is 0.318 e. The van der Waals surface area contributed by atoms with E-state index in [2.05, 4.69) is 20.2 Å². The van der Waals surface area contributed by atoms with E-state index in [4.69, 9.17) is 24.5 Å². The molecule has 10 nitrogen and oxygen atoms in total. The van der Waals surface area contributed by atoms with Gasteiger partial charge in [0.15, 0.2) is 11.5 Å². The fourth-order valence-electron chi connectivity index (χ4n) is 5.76. The first-order valence-electron chi connectivity index (χ1n) is 12.9. The lowest BCUT2D eigenvalue weighted by atomic mass is 9.93. The molecule has 3 fully saturated rings. The monoisotopic (exact) mass is 491 g/mol. The Hall–Kier alpha value is -3.24. The van der Waals surface area contributed by atoms with Crippen LogP contribution in [0.5, 0.6) is 0 Å². The molecular weight excluding hydrogens is 458 g/mol. The molecule has 10 heteroatoms. The van der Waals surface area contributed by atoms with Crippen LogP contribution < -0.4 is 15.5 Å². The third-order valence-electron chi connectivity index (χ3n) is 7.73. The van der Waals surface area contributed by atoms with Gasteiger partial charge < -0.3 is 25.0 Å². The van der Waals surface area contributed by atoms with Gasteiger partial charge in [0.1, 0.15) is 5.82 Å². The van der Waals surface area contributed by atoms with Gasteiger partial charge >= 0.3 is 6.03 Å². The highest BCUT2D eigenvalue weighted by Gasteiger charge is 2.36. The Morgan fingerprint density at radius 1 is 1.03 bits per heavy atom. The Kier molecular flexibility index (Phi) is 6.22. The lowest BCUT2D eigenvalue weighted by Gasteiger charge is -2.33. The zero-order valence-electron chi connectivity index (χ0n) is 20.8. The molecule has 4 heterocycles. The predicted octanol–water partition coefficient (Wildman–Crippen LogP) is 3.74. The van der Waals surface area contributed by atoms with E-state index in [9.17, 15) is 4.79 Å². The molecule has 190 valence electrons. The number of morpholine rings is 1. The van der Waals surface area contributed by atoms with Crippen LogP contribution in [0.15, 0.2) is 30.5 Å². The van der Waals surface area contributed by atoms with E-state index in [-0.39, 0.29) is 18.2 Å². The van der Waals surface area contributed by atoms with Crippen LogP contribution in [0, 0.1) is 0 Å². The lowest BCUT2D eigenvalue weighted by Crippen LogP contribution is -2.43. The molecule has 2 amide bonds. The summed E-state index contributed by atoms with van der Waals surface area (Å²) in [5, 5.41) is 11.2. The van der Waals surface area contributed by atoms with Gasteiger partial charge in [0.05, 0.1) is 35.9 Å². The van der Waals surface area contributed by atoms with E-state index < -0.39 is 0 Å². The van der Waals surface area contributed by atoms with Crippen LogP contribution in [0.25, 0.3) is 22.4 Å². The van der Waals surface area contributed by atoms with E-state index in [1.54, 1.807) is 14.2 Å². The Morgan fingerprint density at radius 2 is 1.75 bits per heavy atom. The van der Waals surface area contributed by atoms with Gasteiger partial charge in [0, 0.05) is 38.5 Å². The number of ether oxygens (including phenoxy) is 2. The molecule has 1 aliphatic carbocycles. The number of rotatable bonds is 5. The maximum absolute atomic E-state index is 11.7. The molecule has 36 heavy (non-hydrogen) atoms. The molecule has 2 bridgehead atoms. The second-order valence-electron chi connectivity index (χ2n) is 10.0. The quantitative estimate of drug-likeness (QED) is 0.560. The first-order valence-corrected chi connectivity index (χ1v) is 12.9. The molecule has 0 radical (unpaired) electrons. The zero-order chi connectivity index (χ0) is 24.6. The standard InChI is InChI=1S/C26H33N7O3/c1-27-26(34)29-17-5-3-16(4-6-17)23-30-24(32-14-20-11-12-21(15-32)36-20)22-13-28-33(25(22)31-23)18-7-9-19(35-2)10-8-18/h3-6,13,18-21H,7-12,14-15H2,1-2H3,(H2,27,29,34)/t18-,19+,20?,21?. The summed E-state index contributed by atoms with van der Waals surface area (Å²) in [4.78, 5) is 24.1. The van der Waals surface area contributed by atoms with Crippen molar-refractivity contribution in [2.75, 3.05) is 37.5 Å². The summed E-state index contributed by atoms with van der Waals surface area (Å²) in [5.74, 6) is 1.59. The topological polar surface area (TPSA) is 106 Å². The number of hydrogen-bond donors (Lipinski definition) is 2. The Balaban J connectivity index is 1.39. The Morgan fingerprint density at radius 3 is 2.42 bits per heavy atom. The predicted molar refractivity (Wildman–Crippen MR) is 137 cm³/mol. The SMILES string of the molecule is CNC(=O)Nc1ccc(-c2nc(N3CC4CCC(C3)O4)c3cnn([C@H]4CC[C@@H](OC)CC4)c3n2)cc1. The van der Waals surface area contributed by atoms with Crippen molar-refractivity contribution in [3.05, 3.63) is 30.5 Å². The number of methoxy groups -OCH3 is 1. The van der Waals surface area contributed by atoms with Crippen LogP contribution in [0.1, 0.15) is 44.6 Å². The van der Waals surface area contributed by atoms with Gasteiger partial charge in [-0.3, -0.25) is 0 Å². The minimum Gasteiger partial charge on any atom is -0.381 e. The number of carbonyl (C=O) groups is 1. The van der Waals surface area contributed by atoms with Crippen LogP contribution >= 0.6 is 0 Å². The average Bonchev–Trinajstić information content (AvgIpc) is 3.50. The number of carbonyl (C=O) groups excluding carboxylic acids is 1. The third-order valence-corrected chi connectivity index (χ3v) is 7.73. The maximum atomic E-state index is 11.7. The highest BCUT2D eigenvalue weighted by atomic mass is 16.5. The molecule has 6 rings (SSSR count). The van der Waals surface area contributed by atoms with Gasteiger partial charge in [-0.2, -0.15) is 5.10 Å². The molecule has 1 saturated carbocycles. The minimum absolute atomic E-state index is 0.253. The average molecular weight is 492 g/mol. The van der Waals surface area contributed by atoms with E-state index in [0.29, 0.717) is 23.7 Å². The van der Waals surface area contributed by atoms with Gasteiger partial charge in [-0.05, 0) is 62.8 Å². The number of nitrogens with zero attached hydrogens (tertiary/aromatic N) is 5. The third kappa shape index (κ3) is 4.39. The van der Waals surface area contributed by atoms with Crippen molar-refractivity contribution >= 4 is 28.6 Å². The maximum Gasteiger partial charge on any atom is 0.318 e. The summed E-state index contributed by atoms with van der Waals surface area (Å²) >= 11 is 0. The zero-order valence-corrected chi connectivity index (χ0v) is 20.8. The van der Waals surface area contributed by atoms with E-state index in [1.165, 1.54) is 0 Å². The van der Waals surface area contributed by atoms with Gasteiger partial charge in [0.2, 0.25) is 0 Å². The van der Waals surface area contributed by atoms with Crippen LogP contribution in [-0.2, 0) is 9.47 Å². The number of anilines is 2. The fraction of sp³-hybridized carbons (Fsp3) is 0.538. The molecular formula is C26H33N7O3. The second-order valence-corrected chi connectivity index (χ2v) is 10.0. The number of aromatic nitrogens is 4. The molecule has 2 aromatic heterocycles. The largest absolute Gasteiger partial charge is 0.381 e. The van der Waals surface area contributed by atoms with Crippen LogP contribution in [0.2, 0.25) is 0 Å². The highest BCUT2D eigenvalue weighted by Crippen LogP contribution is 2.36. The molecule has 0 spiro atoms. The van der Waals surface area contributed by atoms with Crippen LogP contribution in [0.4, 0.5) is 16.3 Å². The normalized spacial score (nSPS) is 25.8. The van der Waals surface area contributed by atoms with Gasteiger partial charge in [-0.15, -0.1) is 0 Å². The van der Waals surface area contributed by atoms with Crippen molar-refractivity contribution in [2.24, 2.45) is 0 Å². The van der Waals surface area contributed by atoms with Crippen molar-refractivity contribution in [3.63, 3.8) is 0 Å². The van der Waals surface area contributed by atoms with Crippen molar-refractivity contribution in [3.8, 4) is 11.4 Å². The van der Waals surface area contributed by atoms with E-state index in [1.807, 2.05) is 30.5 Å². The number of hydrogen-bond acceptors (Lipinski definition) is 7. The van der Waals surface area contributed by atoms with Crippen molar-refractivity contribution in [1.29, 1.82) is 0 Å². The van der Waals surface area contributed by atoms with Crippen molar-refractivity contribution < 1.29 is 14.3 Å². The molecule has 3 aromatic rings.